The van der Waals surface area contributed by atoms with Gasteiger partial charge in [0.05, 0.1) is 24.9 Å². The molecule has 1 aromatic carbocycles. The van der Waals surface area contributed by atoms with E-state index in [9.17, 15) is 0 Å². The molecule has 1 aromatic rings. The van der Waals surface area contributed by atoms with E-state index in [0.717, 1.165) is 38.0 Å². The fraction of sp³-hybridized carbons (Fsp3) is 0.684. The molecule has 5 atom stereocenters. The second kappa shape index (κ2) is 6.80. The summed E-state index contributed by atoms with van der Waals surface area (Å²) >= 11 is 0. The second-order valence-corrected chi connectivity index (χ2v) is 6.98. The van der Waals surface area contributed by atoms with Gasteiger partial charge in [-0.25, -0.2) is 0 Å². The first-order valence-corrected chi connectivity index (χ1v) is 8.91. The summed E-state index contributed by atoms with van der Waals surface area (Å²) in [6, 6.07) is 8.22. The zero-order chi connectivity index (χ0) is 15.6. The summed E-state index contributed by atoms with van der Waals surface area (Å²) in [5, 5.41) is 0. The molecule has 4 heteroatoms. The van der Waals surface area contributed by atoms with Gasteiger partial charge in [0, 0.05) is 12.5 Å². The first-order valence-electron chi connectivity index (χ1n) is 8.91. The maximum absolute atomic E-state index is 6.28. The standard InChI is InChI=1S/C19H26O4/c1-13-5-7-14(8-6-13)21-12-15-16-9-10-17(22-16)19(15)23-18-4-2-3-11-20-18/h5-8,15-19H,2-4,9-12H2,1H3/t15-,16+,17-,18?,19-/m1/s1. The zero-order valence-corrected chi connectivity index (χ0v) is 13.8. The van der Waals surface area contributed by atoms with Crippen molar-refractivity contribution in [3.8, 4) is 5.75 Å². The highest BCUT2D eigenvalue weighted by molar-refractivity contribution is 5.26. The molecule has 0 N–H and O–H groups in total. The summed E-state index contributed by atoms with van der Waals surface area (Å²) in [4.78, 5) is 0. The monoisotopic (exact) mass is 318 g/mol. The highest BCUT2D eigenvalue weighted by atomic mass is 16.7. The van der Waals surface area contributed by atoms with Crippen LogP contribution in [0.15, 0.2) is 24.3 Å². The Labute approximate surface area is 138 Å². The highest BCUT2D eigenvalue weighted by Gasteiger charge is 2.51. The van der Waals surface area contributed by atoms with Crippen LogP contribution in [0.4, 0.5) is 0 Å². The largest absolute Gasteiger partial charge is 0.493 e. The van der Waals surface area contributed by atoms with Gasteiger partial charge < -0.3 is 18.9 Å². The lowest BCUT2D eigenvalue weighted by Gasteiger charge is -2.32. The fourth-order valence-electron chi connectivity index (χ4n) is 3.94. The van der Waals surface area contributed by atoms with Crippen LogP contribution in [0.5, 0.6) is 5.75 Å². The Balaban J connectivity index is 1.37. The van der Waals surface area contributed by atoms with E-state index in [0.29, 0.717) is 12.5 Å². The molecule has 3 saturated heterocycles. The Morgan fingerprint density at radius 3 is 2.65 bits per heavy atom. The van der Waals surface area contributed by atoms with Crippen molar-refractivity contribution in [3.63, 3.8) is 0 Å². The lowest BCUT2D eigenvalue weighted by Crippen LogP contribution is -2.41. The van der Waals surface area contributed by atoms with E-state index >= 15 is 0 Å². The van der Waals surface area contributed by atoms with E-state index in [1.54, 1.807) is 0 Å². The maximum atomic E-state index is 6.28. The van der Waals surface area contributed by atoms with Crippen molar-refractivity contribution < 1.29 is 18.9 Å². The molecule has 0 aliphatic carbocycles. The number of ether oxygens (including phenoxy) is 4. The van der Waals surface area contributed by atoms with E-state index in [1.807, 2.05) is 12.1 Å². The Kier molecular flexibility index (Phi) is 4.56. The van der Waals surface area contributed by atoms with Gasteiger partial charge >= 0.3 is 0 Å². The number of aryl methyl sites for hydroxylation is 1. The average Bonchev–Trinajstić information content (AvgIpc) is 3.17. The van der Waals surface area contributed by atoms with Crippen LogP contribution in [-0.2, 0) is 14.2 Å². The Morgan fingerprint density at radius 2 is 1.87 bits per heavy atom. The zero-order valence-electron chi connectivity index (χ0n) is 13.8. The molecule has 126 valence electrons. The van der Waals surface area contributed by atoms with Crippen LogP contribution in [0.1, 0.15) is 37.7 Å². The average molecular weight is 318 g/mol. The Hall–Kier alpha value is -1.10. The van der Waals surface area contributed by atoms with Gasteiger partial charge in [-0.2, -0.15) is 0 Å². The molecule has 3 fully saturated rings. The van der Waals surface area contributed by atoms with Gasteiger partial charge in [0.2, 0.25) is 0 Å². The van der Waals surface area contributed by atoms with Crippen molar-refractivity contribution in [1.82, 2.24) is 0 Å². The van der Waals surface area contributed by atoms with Crippen molar-refractivity contribution in [3.05, 3.63) is 29.8 Å². The number of hydrogen-bond acceptors (Lipinski definition) is 4. The first kappa shape index (κ1) is 15.4. The van der Waals surface area contributed by atoms with Gasteiger partial charge in [-0.15, -0.1) is 0 Å². The quantitative estimate of drug-likeness (QED) is 0.833. The molecule has 0 spiro atoms. The number of fused-ring (bicyclic) bond motifs is 2. The van der Waals surface area contributed by atoms with Gasteiger partial charge in [-0.1, -0.05) is 17.7 Å². The fourth-order valence-corrected chi connectivity index (χ4v) is 3.94. The van der Waals surface area contributed by atoms with Crippen LogP contribution in [0.2, 0.25) is 0 Å². The third-order valence-corrected chi connectivity index (χ3v) is 5.26. The molecular weight excluding hydrogens is 292 g/mol. The lowest BCUT2D eigenvalue weighted by molar-refractivity contribution is -0.205. The third-order valence-electron chi connectivity index (χ3n) is 5.26. The number of rotatable bonds is 5. The van der Waals surface area contributed by atoms with Crippen molar-refractivity contribution in [2.24, 2.45) is 5.92 Å². The minimum absolute atomic E-state index is 0.0569. The van der Waals surface area contributed by atoms with Crippen LogP contribution in [0.25, 0.3) is 0 Å². The van der Waals surface area contributed by atoms with E-state index in [4.69, 9.17) is 18.9 Å². The molecule has 23 heavy (non-hydrogen) atoms. The van der Waals surface area contributed by atoms with Gasteiger partial charge in [0.25, 0.3) is 0 Å². The van der Waals surface area contributed by atoms with Crippen molar-refractivity contribution in [2.45, 2.75) is 63.6 Å². The molecule has 3 aliphatic rings. The summed E-state index contributed by atoms with van der Waals surface area (Å²) in [6.45, 7) is 3.56. The SMILES string of the molecule is Cc1ccc(OC[C@H]2[C@@H](OC3CCCCO3)[C@H]3CC[C@@H]2O3)cc1. The van der Waals surface area contributed by atoms with E-state index < -0.39 is 0 Å². The third kappa shape index (κ3) is 3.39. The maximum Gasteiger partial charge on any atom is 0.158 e. The van der Waals surface area contributed by atoms with Crippen molar-refractivity contribution in [1.29, 1.82) is 0 Å². The molecule has 1 unspecified atom stereocenters. The van der Waals surface area contributed by atoms with E-state index in [-0.39, 0.29) is 24.6 Å². The Bertz CT molecular complexity index is 509. The van der Waals surface area contributed by atoms with E-state index in [1.165, 1.54) is 12.0 Å². The molecule has 0 saturated carbocycles. The van der Waals surface area contributed by atoms with Crippen LogP contribution >= 0.6 is 0 Å². The van der Waals surface area contributed by atoms with Crippen LogP contribution in [0.3, 0.4) is 0 Å². The second-order valence-electron chi connectivity index (χ2n) is 6.98. The van der Waals surface area contributed by atoms with Crippen LogP contribution in [0, 0.1) is 12.8 Å². The summed E-state index contributed by atoms with van der Waals surface area (Å²) in [6.07, 6.45) is 6.11. The molecular formula is C19H26O4. The summed E-state index contributed by atoms with van der Waals surface area (Å²) < 4.78 is 24.1. The molecule has 0 amide bonds. The predicted molar refractivity (Wildman–Crippen MR) is 86.5 cm³/mol. The summed E-state index contributed by atoms with van der Waals surface area (Å²) in [7, 11) is 0. The molecule has 4 nitrogen and oxygen atoms in total. The molecule has 3 aliphatic heterocycles. The van der Waals surface area contributed by atoms with E-state index in [2.05, 4.69) is 19.1 Å². The predicted octanol–water partition coefficient (Wildman–Crippen LogP) is 3.46. The summed E-state index contributed by atoms with van der Waals surface area (Å²) in [5.41, 5.74) is 1.25. The molecule has 2 bridgehead atoms. The topological polar surface area (TPSA) is 36.9 Å². The molecule has 0 aromatic heterocycles. The normalized spacial score (nSPS) is 36.3. The van der Waals surface area contributed by atoms with Gasteiger partial charge in [0.1, 0.15) is 5.75 Å². The number of benzene rings is 1. The minimum atomic E-state index is -0.0569. The lowest BCUT2D eigenvalue weighted by atomic mass is 9.87. The molecule has 3 heterocycles. The first-order chi connectivity index (χ1) is 11.3. The van der Waals surface area contributed by atoms with Crippen molar-refractivity contribution in [2.75, 3.05) is 13.2 Å². The van der Waals surface area contributed by atoms with Crippen LogP contribution in [-0.4, -0.2) is 37.8 Å². The molecule has 4 rings (SSSR count). The van der Waals surface area contributed by atoms with Gasteiger partial charge in [-0.05, 0) is 51.2 Å². The minimum Gasteiger partial charge on any atom is -0.493 e. The molecule has 0 radical (unpaired) electrons. The smallest absolute Gasteiger partial charge is 0.158 e. The highest BCUT2D eigenvalue weighted by Crippen LogP contribution is 2.42. The Morgan fingerprint density at radius 1 is 1.04 bits per heavy atom. The van der Waals surface area contributed by atoms with Gasteiger partial charge in [-0.3, -0.25) is 0 Å². The van der Waals surface area contributed by atoms with Crippen molar-refractivity contribution >= 4 is 0 Å². The number of hydrogen-bond donors (Lipinski definition) is 0. The summed E-state index contributed by atoms with van der Waals surface area (Å²) in [5.74, 6) is 1.23. The van der Waals surface area contributed by atoms with Gasteiger partial charge in [0.15, 0.2) is 6.29 Å². The van der Waals surface area contributed by atoms with Crippen LogP contribution < -0.4 is 4.74 Å².